The fourth-order valence-electron chi connectivity index (χ4n) is 2.86. The van der Waals surface area contributed by atoms with Gasteiger partial charge in [0, 0.05) is 18.2 Å². The number of carbonyl (C=O) groups excluding carboxylic acids is 1. The lowest BCUT2D eigenvalue weighted by molar-refractivity contribution is -0.119. The number of nitrogens with one attached hydrogen (secondary N) is 1. The number of aromatic nitrogens is 3. The zero-order chi connectivity index (χ0) is 18.5. The maximum absolute atomic E-state index is 13.2. The fraction of sp³-hybridized carbons (Fsp3) is 0.500. The molecule has 2 aromatic rings. The van der Waals surface area contributed by atoms with Crippen molar-refractivity contribution in [3.63, 3.8) is 0 Å². The Kier molecular flexibility index (Phi) is 6.26. The van der Waals surface area contributed by atoms with Gasteiger partial charge < -0.3 is 10.1 Å². The van der Waals surface area contributed by atoms with E-state index in [2.05, 4.69) is 15.5 Å². The number of carbonyl (C=O) groups is 1. The summed E-state index contributed by atoms with van der Waals surface area (Å²) >= 11 is 1.35. The minimum absolute atomic E-state index is 0.0417. The Hall–Kier alpha value is -1.93. The predicted octanol–water partition coefficient (Wildman–Crippen LogP) is 2.88. The molecule has 6 nitrogen and oxygen atoms in total. The van der Waals surface area contributed by atoms with E-state index >= 15 is 0 Å². The number of hydrogen-bond acceptors (Lipinski definition) is 5. The van der Waals surface area contributed by atoms with Crippen LogP contribution in [-0.4, -0.2) is 45.2 Å². The van der Waals surface area contributed by atoms with E-state index in [0.717, 1.165) is 25.0 Å². The van der Waals surface area contributed by atoms with E-state index < -0.39 is 0 Å². The van der Waals surface area contributed by atoms with Gasteiger partial charge in [-0.3, -0.25) is 9.36 Å². The van der Waals surface area contributed by atoms with Crippen molar-refractivity contribution >= 4 is 17.7 Å². The quantitative estimate of drug-likeness (QED) is 0.751. The Morgan fingerprint density at radius 2 is 2.15 bits per heavy atom. The summed E-state index contributed by atoms with van der Waals surface area (Å²) in [5.74, 6) is 0.594. The molecular weight excluding hydrogens is 355 g/mol. The highest BCUT2D eigenvalue weighted by Crippen LogP contribution is 2.26. The van der Waals surface area contributed by atoms with Crippen LogP contribution in [0.5, 0.6) is 0 Å². The minimum atomic E-state index is -0.293. The Labute approximate surface area is 156 Å². The molecule has 26 heavy (non-hydrogen) atoms. The number of ether oxygens (including phenoxy) is 1. The van der Waals surface area contributed by atoms with Crippen LogP contribution in [0.4, 0.5) is 4.39 Å². The zero-order valence-electron chi connectivity index (χ0n) is 14.9. The van der Waals surface area contributed by atoms with Crippen molar-refractivity contribution in [1.29, 1.82) is 0 Å². The van der Waals surface area contributed by atoms with Gasteiger partial charge in [-0.25, -0.2) is 4.39 Å². The van der Waals surface area contributed by atoms with E-state index in [1.165, 1.54) is 23.9 Å². The van der Waals surface area contributed by atoms with E-state index in [0.29, 0.717) is 17.5 Å². The third-order valence-electron chi connectivity index (χ3n) is 4.01. The molecule has 1 aliphatic rings. The summed E-state index contributed by atoms with van der Waals surface area (Å²) in [6.07, 6.45) is 2.13. The van der Waals surface area contributed by atoms with Crippen LogP contribution in [0.1, 0.15) is 26.7 Å². The molecular formula is C18H23FN4O2S. The first-order chi connectivity index (χ1) is 12.5. The SMILES string of the molecule is CC(C)NC(=O)CSc1nnc(-c2ccc(F)cc2)n1C[C@@H]1CCCO1. The Balaban J connectivity index is 1.81. The number of thioether (sulfide) groups is 1. The molecule has 0 unspecified atom stereocenters. The van der Waals surface area contributed by atoms with Gasteiger partial charge in [0.25, 0.3) is 0 Å². The van der Waals surface area contributed by atoms with Gasteiger partial charge in [-0.15, -0.1) is 10.2 Å². The van der Waals surface area contributed by atoms with Crippen LogP contribution in [0.3, 0.4) is 0 Å². The van der Waals surface area contributed by atoms with Crippen LogP contribution in [0.25, 0.3) is 11.4 Å². The molecule has 0 radical (unpaired) electrons. The van der Waals surface area contributed by atoms with Gasteiger partial charge in [0.2, 0.25) is 5.91 Å². The molecule has 2 heterocycles. The number of hydrogen-bond donors (Lipinski definition) is 1. The molecule has 140 valence electrons. The molecule has 1 aromatic carbocycles. The molecule has 1 aromatic heterocycles. The van der Waals surface area contributed by atoms with E-state index in [-0.39, 0.29) is 29.6 Å². The molecule has 1 saturated heterocycles. The molecule has 1 atom stereocenters. The third-order valence-corrected chi connectivity index (χ3v) is 4.98. The largest absolute Gasteiger partial charge is 0.376 e. The Morgan fingerprint density at radius 3 is 2.81 bits per heavy atom. The Bertz CT molecular complexity index is 742. The van der Waals surface area contributed by atoms with Crippen LogP contribution in [-0.2, 0) is 16.1 Å². The lowest BCUT2D eigenvalue weighted by atomic mass is 10.2. The van der Waals surface area contributed by atoms with Crippen LogP contribution < -0.4 is 5.32 Å². The van der Waals surface area contributed by atoms with Gasteiger partial charge in [-0.2, -0.15) is 0 Å². The first-order valence-electron chi connectivity index (χ1n) is 8.76. The molecule has 3 rings (SSSR count). The molecule has 0 bridgehead atoms. The van der Waals surface area contributed by atoms with Gasteiger partial charge in [0.15, 0.2) is 11.0 Å². The monoisotopic (exact) mass is 378 g/mol. The summed E-state index contributed by atoms with van der Waals surface area (Å²) in [5.41, 5.74) is 0.787. The van der Waals surface area contributed by atoms with Crippen molar-refractivity contribution in [3.8, 4) is 11.4 Å². The molecule has 1 N–H and O–H groups in total. The average Bonchev–Trinajstić information content (AvgIpc) is 3.24. The summed E-state index contributed by atoms with van der Waals surface area (Å²) in [5, 5.41) is 12.1. The van der Waals surface area contributed by atoms with Gasteiger partial charge in [-0.05, 0) is 51.0 Å². The first-order valence-corrected chi connectivity index (χ1v) is 9.74. The summed E-state index contributed by atoms with van der Waals surface area (Å²) in [7, 11) is 0. The van der Waals surface area contributed by atoms with Crippen molar-refractivity contribution in [2.45, 2.75) is 50.5 Å². The van der Waals surface area contributed by atoms with Gasteiger partial charge in [0.05, 0.1) is 18.4 Å². The first kappa shape index (κ1) is 18.8. The summed E-state index contributed by atoms with van der Waals surface area (Å²) < 4.78 is 21.0. The highest BCUT2D eigenvalue weighted by Gasteiger charge is 2.22. The second-order valence-corrected chi connectivity index (χ2v) is 7.51. The average molecular weight is 378 g/mol. The molecule has 1 amide bonds. The maximum atomic E-state index is 13.2. The topological polar surface area (TPSA) is 69.0 Å². The fourth-order valence-corrected chi connectivity index (χ4v) is 3.62. The van der Waals surface area contributed by atoms with Crippen molar-refractivity contribution in [2.24, 2.45) is 0 Å². The van der Waals surface area contributed by atoms with Crippen molar-refractivity contribution < 1.29 is 13.9 Å². The maximum Gasteiger partial charge on any atom is 0.230 e. The summed E-state index contributed by atoms with van der Waals surface area (Å²) in [4.78, 5) is 11.9. The van der Waals surface area contributed by atoms with E-state index in [9.17, 15) is 9.18 Å². The smallest absolute Gasteiger partial charge is 0.230 e. The van der Waals surface area contributed by atoms with Crippen molar-refractivity contribution in [1.82, 2.24) is 20.1 Å². The highest BCUT2D eigenvalue weighted by atomic mass is 32.2. The van der Waals surface area contributed by atoms with Gasteiger partial charge >= 0.3 is 0 Å². The van der Waals surface area contributed by atoms with E-state index in [1.807, 2.05) is 18.4 Å². The summed E-state index contributed by atoms with van der Waals surface area (Å²) in [6, 6.07) is 6.28. The van der Waals surface area contributed by atoms with Crippen LogP contribution in [0, 0.1) is 5.82 Å². The number of halogens is 1. The Morgan fingerprint density at radius 1 is 1.38 bits per heavy atom. The second kappa shape index (κ2) is 8.64. The van der Waals surface area contributed by atoms with Crippen LogP contribution in [0.2, 0.25) is 0 Å². The van der Waals surface area contributed by atoms with E-state index in [1.54, 1.807) is 12.1 Å². The number of nitrogens with zero attached hydrogens (tertiary/aromatic N) is 3. The lowest BCUT2D eigenvalue weighted by Crippen LogP contribution is -2.31. The molecule has 0 saturated carbocycles. The highest BCUT2D eigenvalue weighted by molar-refractivity contribution is 7.99. The number of rotatable bonds is 7. The third kappa shape index (κ3) is 4.82. The standard InChI is InChI=1S/C18H23FN4O2S/c1-12(2)20-16(24)11-26-18-22-21-17(13-5-7-14(19)8-6-13)23(18)10-15-4-3-9-25-15/h5-8,12,15H,3-4,9-11H2,1-2H3,(H,20,24)/t15-/m0/s1. The summed E-state index contributed by atoms with van der Waals surface area (Å²) in [6.45, 7) is 5.23. The van der Waals surface area contributed by atoms with Crippen LogP contribution in [0.15, 0.2) is 29.4 Å². The number of benzene rings is 1. The molecule has 1 aliphatic heterocycles. The molecule has 1 fully saturated rings. The van der Waals surface area contributed by atoms with Gasteiger partial charge in [0.1, 0.15) is 5.82 Å². The minimum Gasteiger partial charge on any atom is -0.376 e. The van der Waals surface area contributed by atoms with Crippen molar-refractivity contribution in [3.05, 3.63) is 30.1 Å². The second-order valence-electron chi connectivity index (χ2n) is 6.57. The molecule has 8 heteroatoms. The molecule has 0 aliphatic carbocycles. The predicted molar refractivity (Wildman–Crippen MR) is 98.4 cm³/mol. The molecule has 0 spiro atoms. The van der Waals surface area contributed by atoms with E-state index in [4.69, 9.17) is 4.74 Å². The normalized spacial score (nSPS) is 17.0. The van der Waals surface area contributed by atoms with Crippen LogP contribution >= 0.6 is 11.8 Å². The van der Waals surface area contributed by atoms with Gasteiger partial charge in [-0.1, -0.05) is 11.8 Å². The number of amides is 1. The zero-order valence-corrected chi connectivity index (χ0v) is 15.8. The lowest BCUT2D eigenvalue weighted by Gasteiger charge is -2.15. The van der Waals surface area contributed by atoms with Crippen molar-refractivity contribution in [2.75, 3.05) is 12.4 Å².